The molecule has 2 N–H and O–H groups in total. The van der Waals surface area contributed by atoms with Crippen molar-refractivity contribution in [1.82, 2.24) is 15.6 Å². The number of urea groups is 1. The van der Waals surface area contributed by atoms with Crippen LogP contribution in [-0.2, 0) is 6.54 Å². The van der Waals surface area contributed by atoms with Crippen molar-refractivity contribution in [2.75, 3.05) is 6.54 Å². The Kier molecular flexibility index (Phi) is 5.76. The summed E-state index contributed by atoms with van der Waals surface area (Å²) in [6, 6.07) is 15.8. The van der Waals surface area contributed by atoms with Gasteiger partial charge in [0.05, 0.1) is 12.2 Å². The Hall–Kier alpha value is -2.36. The molecule has 2 rings (SSSR count). The van der Waals surface area contributed by atoms with Crippen LogP contribution in [0.25, 0.3) is 0 Å². The Labute approximate surface area is 125 Å². The van der Waals surface area contributed by atoms with Crippen LogP contribution < -0.4 is 10.6 Å². The molecule has 0 spiro atoms. The Bertz CT molecular complexity index is 542. The highest BCUT2D eigenvalue weighted by Gasteiger charge is 2.06. The van der Waals surface area contributed by atoms with Gasteiger partial charge in [0.1, 0.15) is 0 Å². The molecule has 2 aromatic rings. The number of carbonyl (C=O) groups is 1. The Balaban J connectivity index is 1.65. The van der Waals surface area contributed by atoms with Gasteiger partial charge in [-0.2, -0.15) is 0 Å². The molecule has 0 aliphatic rings. The first-order chi connectivity index (χ1) is 10.3. The molecule has 0 unspecified atom stereocenters. The second-order valence-corrected chi connectivity index (χ2v) is 5.03. The maximum Gasteiger partial charge on any atom is 0.315 e. The molecule has 21 heavy (non-hydrogen) atoms. The van der Waals surface area contributed by atoms with Crippen LogP contribution in [0.3, 0.4) is 0 Å². The number of hydrogen-bond donors (Lipinski definition) is 2. The predicted octanol–water partition coefficient (Wildman–Crippen LogP) is 3.07. The number of nitrogens with one attached hydrogen (secondary N) is 2. The molecule has 0 bridgehead atoms. The minimum Gasteiger partial charge on any atom is -0.338 e. The Morgan fingerprint density at radius 2 is 1.86 bits per heavy atom. The first kappa shape index (κ1) is 15.0. The van der Waals surface area contributed by atoms with E-state index < -0.39 is 0 Å². The second kappa shape index (κ2) is 8.04. The maximum atomic E-state index is 11.7. The summed E-state index contributed by atoms with van der Waals surface area (Å²) in [7, 11) is 0. The molecule has 0 radical (unpaired) electrons. The lowest BCUT2D eigenvalue weighted by atomic mass is 9.98. The molecule has 0 aliphatic carbocycles. The molecule has 0 fully saturated rings. The smallest absolute Gasteiger partial charge is 0.315 e. The van der Waals surface area contributed by atoms with Crippen LogP contribution in [0, 0.1) is 0 Å². The van der Waals surface area contributed by atoms with E-state index in [0.717, 1.165) is 12.1 Å². The van der Waals surface area contributed by atoms with Crippen molar-refractivity contribution in [1.29, 1.82) is 0 Å². The molecule has 0 aliphatic heterocycles. The van der Waals surface area contributed by atoms with E-state index in [4.69, 9.17) is 0 Å². The number of carbonyl (C=O) groups excluding carboxylic acids is 1. The molecular weight excluding hydrogens is 262 g/mol. The van der Waals surface area contributed by atoms with Gasteiger partial charge < -0.3 is 10.6 Å². The third-order valence-electron chi connectivity index (χ3n) is 3.39. The van der Waals surface area contributed by atoms with Gasteiger partial charge in [-0.1, -0.05) is 43.3 Å². The van der Waals surface area contributed by atoms with Gasteiger partial charge in [-0.15, -0.1) is 0 Å². The maximum absolute atomic E-state index is 11.7. The summed E-state index contributed by atoms with van der Waals surface area (Å²) in [5.74, 6) is 0.433. The average Bonchev–Trinajstić information content (AvgIpc) is 2.54. The molecule has 1 atom stereocenters. The lowest BCUT2D eigenvalue weighted by Crippen LogP contribution is -2.36. The lowest BCUT2D eigenvalue weighted by molar-refractivity contribution is 0.240. The highest BCUT2D eigenvalue weighted by molar-refractivity contribution is 5.73. The quantitative estimate of drug-likeness (QED) is 0.856. The summed E-state index contributed by atoms with van der Waals surface area (Å²) in [6.07, 6.45) is 2.64. The summed E-state index contributed by atoms with van der Waals surface area (Å²) in [6.45, 7) is 3.27. The van der Waals surface area contributed by atoms with Gasteiger partial charge in [-0.3, -0.25) is 4.98 Å². The Morgan fingerprint density at radius 3 is 2.57 bits per heavy atom. The summed E-state index contributed by atoms with van der Waals surface area (Å²) in [4.78, 5) is 15.8. The van der Waals surface area contributed by atoms with Crippen molar-refractivity contribution >= 4 is 6.03 Å². The van der Waals surface area contributed by atoms with E-state index >= 15 is 0 Å². The zero-order chi connectivity index (χ0) is 14.9. The highest BCUT2D eigenvalue weighted by atomic mass is 16.2. The van der Waals surface area contributed by atoms with Crippen LogP contribution in [0.4, 0.5) is 4.79 Å². The second-order valence-electron chi connectivity index (χ2n) is 5.03. The largest absolute Gasteiger partial charge is 0.338 e. The molecule has 4 heteroatoms. The van der Waals surface area contributed by atoms with Crippen LogP contribution in [0.15, 0.2) is 54.7 Å². The molecular formula is C17H21N3O. The molecule has 1 heterocycles. The molecule has 1 aromatic carbocycles. The molecule has 2 amide bonds. The van der Waals surface area contributed by atoms with Crippen molar-refractivity contribution in [2.24, 2.45) is 0 Å². The van der Waals surface area contributed by atoms with E-state index in [0.29, 0.717) is 19.0 Å². The van der Waals surface area contributed by atoms with Crippen molar-refractivity contribution in [3.63, 3.8) is 0 Å². The van der Waals surface area contributed by atoms with Crippen LogP contribution in [0.5, 0.6) is 0 Å². The van der Waals surface area contributed by atoms with Gasteiger partial charge in [-0.05, 0) is 30.0 Å². The van der Waals surface area contributed by atoms with E-state index in [1.165, 1.54) is 5.56 Å². The van der Waals surface area contributed by atoms with Crippen molar-refractivity contribution in [3.8, 4) is 0 Å². The summed E-state index contributed by atoms with van der Waals surface area (Å²) in [5, 5.41) is 5.68. The average molecular weight is 283 g/mol. The first-order valence-electron chi connectivity index (χ1n) is 7.22. The van der Waals surface area contributed by atoms with Crippen LogP contribution in [-0.4, -0.2) is 17.6 Å². The number of amides is 2. The fraction of sp³-hybridized carbons (Fsp3) is 0.294. The number of nitrogens with zero attached hydrogens (tertiary/aromatic N) is 1. The minimum absolute atomic E-state index is 0.152. The van der Waals surface area contributed by atoms with E-state index in [2.05, 4.69) is 34.7 Å². The number of benzene rings is 1. The summed E-state index contributed by atoms with van der Waals surface area (Å²) >= 11 is 0. The van der Waals surface area contributed by atoms with Gasteiger partial charge in [0.25, 0.3) is 0 Å². The van der Waals surface area contributed by atoms with Crippen molar-refractivity contribution in [3.05, 3.63) is 66.0 Å². The standard InChI is InChI=1S/C17H21N3O/c1-14(15-7-3-2-4-8-15)10-12-19-17(21)20-13-16-9-5-6-11-18-16/h2-9,11,14H,10,12-13H2,1H3,(H2,19,20,21)/t14-/m1/s1. The minimum atomic E-state index is -0.152. The third kappa shape index (κ3) is 5.26. The predicted molar refractivity (Wildman–Crippen MR) is 83.9 cm³/mol. The summed E-state index contributed by atoms with van der Waals surface area (Å²) in [5.41, 5.74) is 2.15. The van der Waals surface area contributed by atoms with Gasteiger partial charge in [0, 0.05) is 12.7 Å². The van der Waals surface area contributed by atoms with Gasteiger partial charge in [0.2, 0.25) is 0 Å². The fourth-order valence-electron chi connectivity index (χ4n) is 2.09. The van der Waals surface area contributed by atoms with Gasteiger partial charge in [-0.25, -0.2) is 4.79 Å². The zero-order valence-electron chi connectivity index (χ0n) is 12.3. The first-order valence-corrected chi connectivity index (χ1v) is 7.22. The number of hydrogen-bond acceptors (Lipinski definition) is 2. The fourth-order valence-corrected chi connectivity index (χ4v) is 2.09. The zero-order valence-corrected chi connectivity index (χ0v) is 12.3. The third-order valence-corrected chi connectivity index (χ3v) is 3.39. The SMILES string of the molecule is C[C@H](CCNC(=O)NCc1ccccn1)c1ccccc1. The van der Waals surface area contributed by atoms with Crippen LogP contribution >= 0.6 is 0 Å². The normalized spacial score (nSPS) is 11.7. The monoisotopic (exact) mass is 283 g/mol. The van der Waals surface area contributed by atoms with Crippen LogP contribution in [0.2, 0.25) is 0 Å². The number of aromatic nitrogens is 1. The van der Waals surface area contributed by atoms with Crippen LogP contribution in [0.1, 0.15) is 30.5 Å². The lowest BCUT2D eigenvalue weighted by Gasteiger charge is -2.12. The molecule has 110 valence electrons. The van der Waals surface area contributed by atoms with E-state index in [-0.39, 0.29) is 6.03 Å². The van der Waals surface area contributed by atoms with Gasteiger partial charge >= 0.3 is 6.03 Å². The topological polar surface area (TPSA) is 54.0 Å². The van der Waals surface area contributed by atoms with E-state index in [9.17, 15) is 4.79 Å². The molecule has 0 saturated heterocycles. The van der Waals surface area contributed by atoms with E-state index in [1.807, 2.05) is 36.4 Å². The number of rotatable bonds is 6. The molecule has 4 nitrogen and oxygen atoms in total. The number of pyridine rings is 1. The van der Waals surface area contributed by atoms with Crippen molar-refractivity contribution < 1.29 is 4.79 Å². The van der Waals surface area contributed by atoms with Gasteiger partial charge in [0.15, 0.2) is 0 Å². The van der Waals surface area contributed by atoms with E-state index in [1.54, 1.807) is 6.20 Å². The van der Waals surface area contributed by atoms with Crippen molar-refractivity contribution in [2.45, 2.75) is 25.8 Å². The molecule has 1 aromatic heterocycles. The summed E-state index contributed by atoms with van der Waals surface area (Å²) < 4.78 is 0. The Morgan fingerprint density at radius 1 is 1.10 bits per heavy atom. The highest BCUT2D eigenvalue weighted by Crippen LogP contribution is 2.17. The molecule has 0 saturated carbocycles.